The fourth-order valence-electron chi connectivity index (χ4n) is 3.47. The van der Waals surface area contributed by atoms with Crippen LogP contribution < -0.4 is 5.32 Å². The van der Waals surface area contributed by atoms with E-state index in [4.69, 9.17) is 16.1 Å². The summed E-state index contributed by atoms with van der Waals surface area (Å²) in [6.45, 7) is 5.40. The van der Waals surface area contributed by atoms with Crippen molar-refractivity contribution in [1.82, 2.24) is 15.0 Å². The number of urea groups is 1. The number of anilines is 1. The highest BCUT2D eigenvalue weighted by Crippen LogP contribution is 2.29. The van der Waals surface area contributed by atoms with Gasteiger partial charge < -0.3 is 14.7 Å². The van der Waals surface area contributed by atoms with Crippen LogP contribution in [0.4, 0.5) is 10.5 Å². The summed E-state index contributed by atoms with van der Waals surface area (Å²) in [7, 11) is 0. The van der Waals surface area contributed by atoms with Crippen molar-refractivity contribution in [2.45, 2.75) is 32.6 Å². The molecule has 0 aliphatic carbocycles. The number of amides is 2. The van der Waals surface area contributed by atoms with Gasteiger partial charge in [-0.2, -0.15) is 4.98 Å². The van der Waals surface area contributed by atoms with Gasteiger partial charge in [-0.1, -0.05) is 22.8 Å². The van der Waals surface area contributed by atoms with Crippen molar-refractivity contribution >= 4 is 23.3 Å². The molecule has 1 fully saturated rings. The lowest BCUT2D eigenvalue weighted by atomic mass is 9.97. The second-order valence-corrected chi connectivity index (χ2v) is 7.89. The maximum atomic E-state index is 12.6. The van der Waals surface area contributed by atoms with Crippen molar-refractivity contribution in [3.05, 3.63) is 64.5 Å². The summed E-state index contributed by atoms with van der Waals surface area (Å²) in [6, 6.07) is 13.2. The van der Waals surface area contributed by atoms with Gasteiger partial charge in [0.1, 0.15) is 0 Å². The van der Waals surface area contributed by atoms with Crippen LogP contribution >= 0.6 is 11.6 Å². The van der Waals surface area contributed by atoms with E-state index < -0.39 is 0 Å². The third-order valence-corrected chi connectivity index (χ3v) is 5.69. The lowest BCUT2D eigenvalue weighted by molar-refractivity contribution is 0.187. The van der Waals surface area contributed by atoms with Gasteiger partial charge in [0.25, 0.3) is 0 Å². The van der Waals surface area contributed by atoms with E-state index in [0.717, 1.165) is 29.7 Å². The maximum Gasteiger partial charge on any atom is 0.321 e. The maximum absolute atomic E-state index is 12.6. The van der Waals surface area contributed by atoms with Crippen LogP contribution in [-0.4, -0.2) is 34.2 Å². The Labute approximate surface area is 174 Å². The Hall–Kier alpha value is -2.86. The largest absolute Gasteiger partial charge is 0.339 e. The predicted octanol–water partition coefficient (Wildman–Crippen LogP) is 5.42. The summed E-state index contributed by atoms with van der Waals surface area (Å²) in [6.07, 6.45) is 1.59. The number of hydrogen-bond donors (Lipinski definition) is 1. The van der Waals surface area contributed by atoms with Crippen LogP contribution in [0.25, 0.3) is 11.4 Å². The number of nitrogens with zero attached hydrogens (tertiary/aromatic N) is 3. The van der Waals surface area contributed by atoms with Crippen LogP contribution in [-0.2, 0) is 0 Å². The van der Waals surface area contributed by atoms with Gasteiger partial charge in [0, 0.05) is 35.3 Å². The molecule has 6 nitrogen and oxygen atoms in total. The highest BCUT2D eigenvalue weighted by atomic mass is 35.5. The summed E-state index contributed by atoms with van der Waals surface area (Å²) in [5.74, 6) is 1.35. The minimum absolute atomic E-state index is 0.0703. The van der Waals surface area contributed by atoms with Gasteiger partial charge in [0.2, 0.25) is 11.7 Å². The molecule has 0 bridgehead atoms. The molecule has 2 heterocycles. The molecule has 1 N–H and O–H groups in total. The molecule has 4 rings (SSSR count). The third kappa shape index (κ3) is 4.43. The van der Waals surface area contributed by atoms with E-state index in [-0.39, 0.29) is 11.9 Å². The highest BCUT2D eigenvalue weighted by molar-refractivity contribution is 6.30. The number of aryl methyl sites for hydroxylation is 2. The first-order chi connectivity index (χ1) is 14.0. The second-order valence-electron chi connectivity index (χ2n) is 7.45. The molecule has 0 spiro atoms. The first-order valence-electron chi connectivity index (χ1n) is 9.72. The summed E-state index contributed by atoms with van der Waals surface area (Å²) in [5, 5.41) is 7.75. The van der Waals surface area contributed by atoms with Crippen molar-refractivity contribution in [2.75, 3.05) is 18.4 Å². The standard InChI is InChI=1S/C22H23ClN4O2/c1-14-3-8-19(13-15(14)2)24-22(28)27-11-9-17(10-12-27)21-25-20(26-29-21)16-4-6-18(23)7-5-16/h3-8,13,17H,9-12H2,1-2H3,(H,24,28). The van der Waals surface area contributed by atoms with Gasteiger partial charge in [-0.3, -0.25) is 0 Å². The van der Waals surface area contributed by atoms with Gasteiger partial charge in [-0.15, -0.1) is 0 Å². The summed E-state index contributed by atoms with van der Waals surface area (Å²) >= 11 is 5.93. The van der Waals surface area contributed by atoms with Gasteiger partial charge >= 0.3 is 6.03 Å². The number of carbonyl (C=O) groups excluding carboxylic acids is 1. The molecule has 0 radical (unpaired) electrons. The van der Waals surface area contributed by atoms with Gasteiger partial charge in [0.05, 0.1) is 0 Å². The average molecular weight is 411 g/mol. The number of piperidine rings is 1. The molecule has 7 heteroatoms. The van der Waals surface area contributed by atoms with E-state index in [1.165, 1.54) is 5.56 Å². The Balaban J connectivity index is 1.35. The minimum atomic E-state index is -0.0703. The van der Waals surface area contributed by atoms with Crippen LogP contribution in [0.15, 0.2) is 47.0 Å². The molecule has 150 valence electrons. The van der Waals surface area contributed by atoms with E-state index in [0.29, 0.717) is 29.8 Å². The Bertz CT molecular complexity index is 1010. The first-order valence-corrected chi connectivity index (χ1v) is 10.1. The second kappa shape index (κ2) is 8.25. The number of benzene rings is 2. The molecule has 0 saturated carbocycles. The summed E-state index contributed by atoms with van der Waals surface area (Å²) in [4.78, 5) is 19.0. The molecule has 2 aromatic carbocycles. The first kappa shape index (κ1) is 19.5. The van der Waals surface area contributed by atoms with E-state index in [2.05, 4.69) is 22.4 Å². The van der Waals surface area contributed by atoms with E-state index in [1.807, 2.05) is 42.2 Å². The molecule has 0 unspecified atom stereocenters. The van der Waals surface area contributed by atoms with Crippen LogP contribution in [0.5, 0.6) is 0 Å². The van der Waals surface area contributed by atoms with Crippen molar-refractivity contribution in [3.63, 3.8) is 0 Å². The van der Waals surface area contributed by atoms with Crippen molar-refractivity contribution in [3.8, 4) is 11.4 Å². The van der Waals surface area contributed by atoms with Crippen molar-refractivity contribution in [1.29, 1.82) is 0 Å². The molecule has 1 aliphatic heterocycles. The number of nitrogens with one attached hydrogen (secondary N) is 1. The number of aromatic nitrogens is 2. The monoisotopic (exact) mass is 410 g/mol. The molecule has 0 atom stereocenters. The van der Waals surface area contributed by atoms with Crippen LogP contribution in [0.2, 0.25) is 5.02 Å². The zero-order valence-corrected chi connectivity index (χ0v) is 17.2. The summed E-state index contributed by atoms with van der Waals surface area (Å²) < 4.78 is 5.49. The van der Waals surface area contributed by atoms with E-state index in [9.17, 15) is 4.79 Å². The molecule has 1 aliphatic rings. The Kier molecular flexibility index (Phi) is 5.53. The number of likely N-dealkylation sites (tertiary alicyclic amines) is 1. The molecule has 3 aromatic rings. The molecular formula is C22H23ClN4O2. The molecular weight excluding hydrogens is 388 g/mol. The van der Waals surface area contributed by atoms with E-state index >= 15 is 0 Å². The van der Waals surface area contributed by atoms with Crippen LogP contribution in [0.1, 0.15) is 35.8 Å². The fourth-order valence-corrected chi connectivity index (χ4v) is 3.59. The number of halogens is 1. The fraction of sp³-hybridized carbons (Fsp3) is 0.318. The number of hydrogen-bond acceptors (Lipinski definition) is 4. The highest BCUT2D eigenvalue weighted by Gasteiger charge is 2.27. The number of rotatable bonds is 3. The summed E-state index contributed by atoms with van der Waals surface area (Å²) in [5.41, 5.74) is 4.06. The Morgan fingerprint density at radius 3 is 2.52 bits per heavy atom. The Morgan fingerprint density at radius 2 is 1.83 bits per heavy atom. The molecule has 1 aromatic heterocycles. The van der Waals surface area contributed by atoms with E-state index in [1.54, 1.807) is 12.1 Å². The average Bonchev–Trinajstić information content (AvgIpc) is 3.21. The quantitative estimate of drug-likeness (QED) is 0.625. The number of carbonyl (C=O) groups is 1. The lowest BCUT2D eigenvalue weighted by Gasteiger charge is -2.30. The minimum Gasteiger partial charge on any atom is -0.339 e. The normalized spacial score (nSPS) is 14.8. The Morgan fingerprint density at radius 1 is 1.10 bits per heavy atom. The van der Waals surface area contributed by atoms with Crippen molar-refractivity contribution in [2.24, 2.45) is 0 Å². The topological polar surface area (TPSA) is 71.3 Å². The molecule has 2 amide bonds. The zero-order chi connectivity index (χ0) is 20.4. The van der Waals surface area contributed by atoms with Gasteiger partial charge in [-0.05, 0) is 74.2 Å². The zero-order valence-electron chi connectivity index (χ0n) is 16.5. The van der Waals surface area contributed by atoms with Gasteiger partial charge in [-0.25, -0.2) is 4.79 Å². The van der Waals surface area contributed by atoms with Gasteiger partial charge in [0.15, 0.2) is 0 Å². The predicted molar refractivity (Wildman–Crippen MR) is 113 cm³/mol. The van der Waals surface area contributed by atoms with Crippen LogP contribution in [0, 0.1) is 13.8 Å². The smallest absolute Gasteiger partial charge is 0.321 e. The molecule has 1 saturated heterocycles. The van der Waals surface area contributed by atoms with Crippen molar-refractivity contribution < 1.29 is 9.32 Å². The van der Waals surface area contributed by atoms with Crippen LogP contribution in [0.3, 0.4) is 0 Å². The lowest BCUT2D eigenvalue weighted by Crippen LogP contribution is -2.40. The third-order valence-electron chi connectivity index (χ3n) is 5.43. The molecule has 29 heavy (non-hydrogen) atoms. The SMILES string of the molecule is Cc1ccc(NC(=O)N2CCC(c3nc(-c4ccc(Cl)cc4)no3)CC2)cc1C.